The number of rotatable bonds is 7. The summed E-state index contributed by atoms with van der Waals surface area (Å²) in [5.41, 5.74) is 1.29. The highest BCUT2D eigenvalue weighted by atomic mass is 35.5. The van der Waals surface area contributed by atoms with E-state index in [1.165, 1.54) is 21.8 Å². The van der Waals surface area contributed by atoms with Crippen molar-refractivity contribution >= 4 is 34.6 Å². The molecular weight excluding hydrogens is 368 g/mol. The van der Waals surface area contributed by atoms with Crippen molar-refractivity contribution in [1.82, 2.24) is 5.32 Å². The van der Waals surface area contributed by atoms with Crippen molar-refractivity contribution in [2.75, 3.05) is 13.1 Å². The molecule has 1 aliphatic heterocycles. The topological polar surface area (TPSA) is 50.6 Å². The Balaban J connectivity index is 1.36. The van der Waals surface area contributed by atoms with Crippen LogP contribution in [0.1, 0.15) is 40.9 Å². The van der Waals surface area contributed by atoms with Crippen LogP contribution in [0.4, 0.5) is 0 Å². The van der Waals surface area contributed by atoms with Gasteiger partial charge in [0.1, 0.15) is 6.54 Å². The minimum Gasteiger partial charge on any atom is -0.353 e. The van der Waals surface area contributed by atoms with E-state index in [2.05, 4.69) is 17.4 Å². The van der Waals surface area contributed by atoms with E-state index in [4.69, 9.17) is 11.6 Å². The van der Waals surface area contributed by atoms with E-state index >= 15 is 0 Å². The molecule has 1 aromatic heterocycles. The van der Waals surface area contributed by atoms with Crippen LogP contribution in [0.25, 0.3) is 0 Å². The van der Waals surface area contributed by atoms with Gasteiger partial charge in [0.25, 0.3) is 0 Å². The van der Waals surface area contributed by atoms with Gasteiger partial charge in [0.05, 0.1) is 18.0 Å². The van der Waals surface area contributed by atoms with Gasteiger partial charge in [-0.3, -0.25) is 9.59 Å². The molecule has 2 aromatic rings. The number of Topliss-reactive ketones (excluding diaryl/α,β-unsaturated/α-hetero) is 1. The Morgan fingerprint density at radius 1 is 1.12 bits per heavy atom. The van der Waals surface area contributed by atoms with E-state index in [0.29, 0.717) is 0 Å². The number of carbonyl (C=O) groups is 2. The molecule has 1 amide bonds. The molecule has 3 rings (SSSR count). The molecular formula is C20H24ClN2O2S+. The Bertz CT molecular complexity index is 723. The number of piperidine rings is 1. The first kappa shape index (κ1) is 19.1. The standard InChI is InChI=1S/C20H23ClN2O2S/c21-16-5-3-15(4-6-16)14-23-11-9-17(10-12-23)22-20(25)8-7-18(24)19-2-1-13-26-19/h1-6,13,17H,7-12,14H2,(H,22,25)/p+1. The summed E-state index contributed by atoms with van der Waals surface area (Å²) in [6.45, 7) is 3.08. The lowest BCUT2D eigenvalue weighted by molar-refractivity contribution is -0.918. The molecule has 0 aliphatic carbocycles. The summed E-state index contributed by atoms with van der Waals surface area (Å²) in [7, 11) is 0. The highest BCUT2D eigenvalue weighted by Crippen LogP contribution is 2.12. The van der Waals surface area contributed by atoms with Gasteiger partial charge in [-0.2, -0.15) is 0 Å². The average molecular weight is 392 g/mol. The largest absolute Gasteiger partial charge is 0.353 e. The average Bonchev–Trinajstić information content (AvgIpc) is 3.18. The molecule has 2 heterocycles. The SMILES string of the molecule is O=C(CCC(=O)c1cccs1)NC1CC[NH+](Cc2ccc(Cl)cc2)CC1. The minimum atomic E-state index is -0.0129. The van der Waals surface area contributed by atoms with Crippen molar-refractivity contribution < 1.29 is 14.5 Å². The summed E-state index contributed by atoms with van der Waals surface area (Å²) >= 11 is 7.36. The number of ketones is 1. The number of quaternary nitrogens is 1. The fourth-order valence-electron chi connectivity index (χ4n) is 3.33. The molecule has 1 saturated heterocycles. The lowest BCUT2D eigenvalue weighted by atomic mass is 10.0. The van der Waals surface area contributed by atoms with E-state index in [9.17, 15) is 9.59 Å². The molecule has 0 atom stereocenters. The fraction of sp³-hybridized carbons (Fsp3) is 0.400. The Labute approximate surface area is 163 Å². The van der Waals surface area contributed by atoms with E-state index in [0.717, 1.165) is 42.4 Å². The molecule has 0 bridgehead atoms. The normalized spacial score (nSPS) is 19.9. The molecule has 26 heavy (non-hydrogen) atoms. The molecule has 1 fully saturated rings. The van der Waals surface area contributed by atoms with Gasteiger partial charge in [-0.25, -0.2) is 0 Å². The molecule has 6 heteroatoms. The first-order valence-electron chi connectivity index (χ1n) is 9.04. The van der Waals surface area contributed by atoms with Crippen LogP contribution in [0, 0.1) is 0 Å². The van der Waals surface area contributed by atoms with Gasteiger partial charge in [0.2, 0.25) is 5.91 Å². The molecule has 2 N–H and O–H groups in total. The predicted octanol–water partition coefficient (Wildman–Crippen LogP) is 2.73. The van der Waals surface area contributed by atoms with Crippen LogP contribution in [0.2, 0.25) is 5.02 Å². The van der Waals surface area contributed by atoms with Gasteiger partial charge in [-0.15, -0.1) is 11.3 Å². The van der Waals surface area contributed by atoms with E-state index < -0.39 is 0 Å². The van der Waals surface area contributed by atoms with Gasteiger partial charge in [-0.05, 0) is 23.6 Å². The van der Waals surface area contributed by atoms with Crippen molar-refractivity contribution in [2.45, 2.75) is 38.3 Å². The van der Waals surface area contributed by atoms with Gasteiger partial charge in [0, 0.05) is 42.3 Å². The van der Waals surface area contributed by atoms with Crippen molar-refractivity contribution in [3.63, 3.8) is 0 Å². The van der Waals surface area contributed by atoms with Gasteiger partial charge >= 0.3 is 0 Å². The van der Waals surface area contributed by atoms with E-state index in [-0.39, 0.29) is 30.6 Å². The van der Waals surface area contributed by atoms with Crippen LogP contribution < -0.4 is 10.2 Å². The van der Waals surface area contributed by atoms with E-state index in [1.54, 1.807) is 0 Å². The van der Waals surface area contributed by atoms with Crippen LogP contribution in [-0.2, 0) is 11.3 Å². The zero-order valence-electron chi connectivity index (χ0n) is 14.7. The van der Waals surface area contributed by atoms with Gasteiger partial charge in [0.15, 0.2) is 5.78 Å². The van der Waals surface area contributed by atoms with Crippen molar-refractivity contribution in [1.29, 1.82) is 0 Å². The van der Waals surface area contributed by atoms with Crippen LogP contribution in [0.5, 0.6) is 0 Å². The van der Waals surface area contributed by atoms with Crippen LogP contribution in [0.15, 0.2) is 41.8 Å². The maximum Gasteiger partial charge on any atom is 0.220 e. The summed E-state index contributed by atoms with van der Waals surface area (Å²) in [4.78, 5) is 26.3. The van der Waals surface area contributed by atoms with Crippen LogP contribution in [-0.4, -0.2) is 30.8 Å². The quantitative estimate of drug-likeness (QED) is 0.713. The number of halogens is 1. The van der Waals surface area contributed by atoms with Crippen molar-refractivity contribution in [3.05, 3.63) is 57.2 Å². The number of thiophene rings is 1. The third kappa shape index (κ3) is 5.66. The maximum atomic E-state index is 12.1. The number of amides is 1. The summed E-state index contributed by atoms with van der Waals surface area (Å²) in [6.07, 6.45) is 2.52. The zero-order valence-corrected chi connectivity index (χ0v) is 16.2. The lowest BCUT2D eigenvalue weighted by Gasteiger charge is -2.29. The Hall–Kier alpha value is -1.69. The highest BCUT2D eigenvalue weighted by Gasteiger charge is 2.23. The minimum absolute atomic E-state index is 0.0129. The second-order valence-corrected chi connectivity index (χ2v) is 8.18. The third-order valence-electron chi connectivity index (χ3n) is 4.80. The van der Waals surface area contributed by atoms with Crippen LogP contribution in [0.3, 0.4) is 0 Å². The smallest absolute Gasteiger partial charge is 0.220 e. The Morgan fingerprint density at radius 3 is 2.50 bits per heavy atom. The number of nitrogens with one attached hydrogen (secondary N) is 2. The highest BCUT2D eigenvalue weighted by molar-refractivity contribution is 7.12. The summed E-state index contributed by atoms with van der Waals surface area (Å²) in [6, 6.07) is 11.9. The summed E-state index contributed by atoms with van der Waals surface area (Å²) in [5.74, 6) is 0.0402. The maximum absolute atomic E-state index is 12.1. The van der Waals surface area contributed by atoms with Crippen molar-refractivity contribution in [2.24, 2.45) is 0 Å². The molecule has 0 radical (unpaired) electrons. The summed E-state index contributed by atoms with van der Waals surface area (Å²) in [5, 5.41) is 5.74. The number of likely N-dealkylation sites (tertiary alicyclic amines) is 1. The molecule has 0 saturated carbocycles. The Kier molecular flexibility index (Phi) is 6.83. The molecule has 0 unspecified atom stereocenters. The van der Waals surface area contributed by atoms with Crippen molar-refractivity contribution in [3.8, 4) is 0 Å². The van der Waals surface area contributed by atoms with E-state index in [1.807, 2.05) is 29.6 Å². The molecule has 138 valence electrons. The Morgan fingerprint density at radius 2 is 1.85 bits per heavy atom. The van der Waals surface area contributed by atoms with Gasteiger partial charge < -0.3 is 10.2 Å². The number of hydrogen-bond donors (Lipinski definition) is 2. The predicted molar refractivity (Wildman–Crippen MR) is 105 cm³/mol. The zero-order chi connectivity index (χ0) is 18.4. The number of benzene rings is 1. The first-order chi connectivity index (χ1) is 12.6. The lowest BCUT2D eigenvalue weighted by Crippen LogP contribution is -3.12. The fourth-order valence-corrected chi connectivity index (χ4v) is 4.15. The monoisotopic (exact) mass is 391 g/mol. The van der Waals surface area contributed by atoms with Gasteiger partial charge in [-0.1, -0.05) is 29.8 Å². The molecule has 4 nitrogen and oxygen atoms in total. The second-order valence-electron chi connectivity index (χ2n) is 6.80. The second kappa shape index (κ2) is 9.31. The molecule has 1 aliphatic rings. The first-order valence-corrected chi connectivity index (χ1v) is 10.3. The van der Waals surface area contributed by atoms with Crippen LogP contribution >= 0.6 is 22.9 Å². The number of carbonyl (C=O) groups excluding carboxylic acids is 2. The summed E-state index contributed by atoms with van der Waals surface area (Å²) < 4.78 is 0. The molecule has 0 spiro atoms. The third-order valence-corrected chi connectivity index (χ3v) is 5.96. The number of hydrogen-bond acceptors (Lipinski definition) is 3. The molecule has 1 aromatic carbocycles.